The molecule has 1 aromatic carbocycles. The Labute approximate surface area is 118 Å². The topological polar surface area (TPSA) is 49.3 Å². The molecule has 0 bridgehead atoms. The van der Waals surface area contributed by atoms with Gasteiger partial charge in [-0.1, -0.05) is 0 Å². The first kappa shape index (κ1) is 13.1. The lowest BCUT2D eigenvalue weighted by molar-refractivity contribution is 0.0697. The molecule has 0 unspecified atom stereocenters. The highest BCUT2D eigenvalue weighted by molar-refractivity contribution is 9.10. The van der Waals surface area contributed by atoms with Crippen LogP contribution < -0.4 is 5.32 Å². The van der Waals surface area contributed by atoms with E-state index in [-0.39, 0.29) is 0 Å². The Morgan fingerprint density at radius 1 is 1.39 bits per heavy atom. The van der Waals surface area contributed by atoms with Gasteiger partial charge in [0.05, 0.1) is 5.56 Å². The third kappa shape index (κ3) is 3.11. The summed E-state index contributed by atoms with van der Waals surface area (Å²) in [6.45, 7) is 2.81. The molecule has 0 radical (unpaired) electrons. The molecule has 0 aliphatic carbocycles. The van der Waals surface area contributed by atoms with Crippen LogP contribution >= 0.6 is 27.3 Å². The molecule has 2 rings (SSSR count). The molecule has 5 heteroatoms. The van der Waals surface area contributed by atoms with E-state index >= 15 is 0 Å². The zero-order valence-electron chi connectivity index (χ0n) is 9.74. The van der Waals surface area contributed by atoms with E-state index in [1.165, 1.54) is 9.75 Å². The van der Waals surface area contributed by atoms with E-state index in [2.05, 4.69) is 34.2 Å². The van der Waals surface area contributed by atoms with Gasteiger partial charge in [-0.25, -0.2) is 4.79 Å². The molecular formula is C13H12BrNO2S. The van der Waals surface area contributed by atoms with Crippen LogP contribution in [-0.2, 0) is 6.54 Å². The number of benzene rings is 1. The van der Waals surface area contributed by atoms with Crippen molar-refractivity contribution in [3.05, 3.63) is 50.1 Å². The second kappa shape index (κ2) is 5.54. The van der Waals surface area contributed by atoms with Crippen LogP contribution in [0.15, 0.2) is 34.8 Å². The maximum Gasteiger partial charge on any atom is 0.335 e. The fourth-order valence-electron chi connectivity index (χ4n) is 1.52. The van der Waals surface area contributed by atoms with Crippen molar-refractivity contribution >= 4 is 38.9 Å². The Balaban J connectivity index is 2.00. The predicted octanol–water partition coefficient (Wildman–Crippen LogP) is 4.13. The van der Waals surface area contributed by atoms with Crippen molar-refractivity contribution < 1.29 is 9.90 Å². The quantitative estimate of drug-likeness (QED) is 0.888. The van der Waals surface area contributed by atoms with Gasteiger partial charge in [0.15, 0.2) is 0 Å². The lowest BCUT2D eigenvalue weighted by Crippen LogP contribution is -1.99. The van der Waals surface area contributed by atoms with Crippen LogP contribution in [0.1, 0.15) is 20.1 Å². The maximum atomic E-state index is 10.7. The number of hydrogen-bond donors (Lipinski definition) is 2. The van der Waals surface area contributed by atoms with E-state index in [0.29, 0.717) is 5.56 Å². The standard InChI is InChI=1S/C13H12BrNO2S/c1-8-12(14)6-11(18-8)7-15-10-4-2-9(3-5-10)13(16)17/h2-6,15H,7H2,1H3,(H,16,17). The second-order valence-electron chi connectivity index (χ2n) is 3.85. The highest BCUT2D eigenvalue weighted by Gasteiger charge is 2.04. The number of carboxylic acid groups (broad SMARTS) is 1. The monoisotopic (exact) mass is 325 g/mol. The molecule has 0 aliphatic rings. The number of nitrogens with one attached hydrogen (secondary N) is 1. The number of thiophene rings is 1. The van der Waals surface area contributed by atoms with Gasteiger partial charge in [0.25, 0.3) is 0 Å². The number of aromatic carboxylic acids is 1. The summed E-state index contributed by atoms with van der Waals surface area (Å²) in [6.07, 6.45) is 0. The molecule has 1 aromatic heterocycles. The molecule has 0 amide bonds. The van der Waals surface area contributed by atoms with Crippen LogP contribution in [0, 0.1) is 6.92 Å². The summed E-state index contributed by atoms with van der Waals surface area (Å²) in [5.74, 6) is -0.903. The van der Waals surface area contributed by atoms with Crippen molar-refractivity contribution in [1.29, 1.82) is 0 Å². The van der Waals surface area contributed by atoms with Gasteiger partial charge >= 0.3 is 5.97 Å². The zero-order valence-corrected chi connectivity index (χ0v) is 12.1. The normalized spacial score (nSPS) is 10.3. The van der Waals surface area contributed by atoms with Gasteiger partial charge in [0.1, 0.15) is 0 Å². The van der Waals surface area contributed by atoms with E-state index in [1.807, 2.05) is 0 Å². The Kier molecular flexibility index (Phi) is 4.04. The first-order chi connectivity index (χ1) is 8.56. The molecule has 2 N–H and O–H groups in total. The average Bonchev–Trinajstić information content (AvgIpc) is 2.67. The number of halogens is 1. The van der Waals surface area contributed by atoms with Crippen LogP contribution in [-0.4, -0.2) is 11.1 Å². The van der Waals surface area contributed by atoms with Gasteiger partial charge in [-0.15, -0.1) is 11.3 Å². The lowest BCUT2D eigenvalue weighted by atomic mass is 10.2. The number of aryl methyl sites for hydroxylation is 1. The molecule has 0 fully saturated rings. The Morgan fingerprint density at radius 2 is 2.06 bits per heavy atom. The summed E-state index contributed by atoms with van der Waals surface area (Å²) in [7, 11) is 0. The third-order valence-corrected chi connectivity index (χ3v) is 4.64. The molecule has 3 nitrogen and oxygen atoms in total. The van der Waals surface area contributed by atoms with Crippen LogP contribution in [0.4, 0.5) is 5.69 Å². The third-order valence-electron chi connectivity index (χ3n) is 2.51. The van der Waals surface area contributed by atoms with Crippen molar-refractivity contribution in [1.82, 2.24) is 0 Å². The summed E-state index contributed by atoms with van der Waals surface area (Å²) in [4.78, 5) is 13.2. The smallest absolute Gasteiger partial charge is 0.335 e. The average molecular weight is 326 g/mol. The lowest BCUT2D eigenvalue weighted by Gasteiger charge is -2.04. The fourth-order valence-corrected chi connectivity index (χ4v) is 3.07. The highest BCUT2D eigenvalue weighted by Crippen LogP contribution is 2.26. The Morgan fingerprint density at radius 3 is 2.56 bits per heavy atom. The first-order valence-corrected chi connectivity index (χ1v) is 6.99. The van der Waals surface area contributed by atoms with Crippen LogP contribution in [0.5, 0.6) is 0 Å². The van der Waals surface area contributed by atoms with Gasteiger partial charge < -0.3 is 10.4 Å². The van der Waals surface area contributed by atoms with E-state index in [9.17, 15) is 4.79 Å². The predicted molar refractivity (Wildman–Crippen MR) is 77.5 cm³/mol. The van der Waals surface area contributed by atoms with Crippen LogP contribution in [0.3, 0.4) is 0 Å². The van der Waals surface area contributed by atoms with Gasteiger partial charge in [-0.2, -0.15) is 0 Å². The summed E-state index contributed by atoms with van der Waals surface area (Å²) >= 11 is 5.22. The summed E-state index contributed by atoms with van der Waals surface area (Å²) in [5, 5.41) is 12.1. The molecule has 94 valence electrons. The zero-order chi connectivity index (χ0) is 13.1. The molecule has 0 saturated carbocycles. The highest BCUT2D eigenvalue weighted by atomic mass is 79.9. The van der Waals surface area contributed by atoms with Crippen molar-refractivity contribution in [3.8, 4) is 0 Å². The molecule has 1 heterocycles. The van der Waals surface area contributed by atoms with Crippen LogP contribution in [0.2, 0.25) is 0 Å². The molecular weight excluding hydrogens is 314 g/mol. The molecule has 0 saturated heterocycles. The number of carbonyl (C=O) groups is 1. The summed E-state index contributed by atoms with van der Waals surface area (Å²) in [6, 6.07) is 8.84. The first-order valence-electron chi connectivity index (χ1n) is 5.38. The molecule has 18 heavy (non-hydrogen) atoms. The van der Waals surface area contributed by atoms with E-state index in [4.69, 9.17) is 5.11 Å². The Hall–Kier alpha value is -1.33. The number of anilines is 1. The van der Waals surface area contributed by atoms with Crippen molar-refractivity contribution in [2.45, 2.75) is 13.5 Å². The second-order valence-corrected chi connectivity index (χ2v) is 6.05. The summed E-state index contributed by atoms with van der Waals surface area (Å²) < 4.78 is 1.13. The minimum Gasteiger partial charge on any atom is -0.478 e. The summed E-state index contributed by atoms with van der Waals surface area (Å²) in [5.41, 5.74) is 1.22. The molecule has 2 aromatic rings. The van der Waals surface area contributed by atoms with E-state index in [0.717, 1.165) is 16.7 Å². The van der Waals surface area contributed by atoms with Crippen LogP contribution in [0.25, 0.3) is 0 Å². The fraction of sp³-hybridized carbons (Fsp3) is 0.154. The van der Waals surface area contributed by atoms with Crippen molar-refractivity contribution in [2.24, 2.45) is 0 Å². The Bertz CT molecular complexity index is 543. The van der Waals surface area contributed by atoms with E-state index < -0.39 is 5.97 Å². The van der Waals surface area contributed by atoms with Gasteiger partial charge in [0, 0.05) is 26.5 Å². The number of rotatable bonds is 4. The maximum absolute atomic E-state index is 10.7. The van der Waals surface area contributed by atoms with Crippen molar-refractivity contribution in [3.63, 3.8) is 0 Å². The largest absolute Gasteiger partial charge is 0.478 e. The minimum absolute atomic E-state index is 0.301. The molecule has 0 atom stereocenters. The number of hydrogen-bond acceptors (Lipinski definition) is 3. The van der Waals surface area contributed by atoms with Crippen molar-refractivity contribution in [2.75, 3.05) is 5.32 Å². The molecule has 0 aliphatic heterocycles. The van der Waals surface area contributed by atoms with E-state index in [1.54, 1.807) is 35.6 Å². The minimum atomic E-state index is -0.903. The molecule has 0 spiro atoms. The van der Waals surface area contributed by atoms with Gasteiger partial charge in [-0.3, -0.25) is 0 Å². The number of carboxylic acids is 1. The SMILES string of the molecule is Cc1sc(CNc2ccc(C(=O)O)cc2)cc1Br. The van der Waals surface area contributed by atoms with Gasteiger partial charge in [-0.05, 0) is 53.2 Å². The van der Waals surface area contributed by atoms with Gasteiger partial charge in [0.2, 0.25) is 0 Å².